The van der Waals surface area contributed by atoms with Gasteiger partial charge in [-0.1, -0.05) is 39.8 Å². The summed E-state index contributed by atoms with van der Waals surface area (Å²) in [6.45, 7) is 18.9. The van der Waals surface area contributed by atoms with E-state index in [0.29, 0.717) is 11.3 Å². The van der Waals surface area contributed by atoms with E-state index < -0.39 is 0 Å². The summed E-state index contributed by atoms with van der Waals surface area (Å²) < 4.78 is 5.44. The van der Waals surface area contributed by atoms with Gasteiger partial charge in [-0.2, -0.15) is 4.98 Å². The van der Waals surface area contributed by atoms with Crippen LogP contribution in [0.2, 0.25) is 0 Å². The molecule has 0 aliphatic carbocycles. The van der Waals surface area contributed by atoms with E-state index in [1.165, 1.54) is 13.0 Å². The van der Waals surface area contributed by atoms with Crippen molar-refractivity contribution in [3.63, 3.8) is 0 Å². The van der Waals surface area contributed by atoms with Crippen LogP contribution in [-0.4, -0.2) is 52.7 Å². The zero-order valence-corrected chi connectivity index (χ0v) is 15.1. The molecule has 1 aliphatic heterocycles. The maximum Gasteiger partial charge on any atom is 0.243 e. The maximum atomic E-state index is 5.44. The molecule has 0 spiro atoms. The first kappa shape index (κ1) is 17.4. The minimum atomic E-state index is 0.213. The SMILES string of the molecule is CC(C)c1noc([C@@H](C)N2CCN(CCC(C)(C)C)CC2)n1. The van der Waals surface area contributed by atoms with Crippen LogP contribution in [-0.2, 0) is 0 Å². The summed E-state index contributed by atoms with van der Waals surface area (Å²) in [4.78, 5) is 9.56. The third kappa shape index (κ3) is 4.78. The van der Waals surface area contributed by atoms with E-state index in [9.17, 15) is 0 Å². The normalized spacial score (nSPS) is 19.8. The molecule has 0 amide bonds. The van der Waals surface area contributed by atoms with E-state index in [1.807, 2.05) is 0 Å². The van der Waals surface area contributed by atoms with Crippen molar-refractivity contribution in [2.75, 3.05) is 32.7 Å². The van der Waals surface area contributed by atoms with Crippen molar-refractivity contribution in [2.24, 2.45) is 5.41 Å². The van der Waals surface area contributed by atoms with Gasteiger partial charge in [-0.25, -0.2) is 0 Å². The molecule has 2 heterocycles. The first-order chi connectivity index (χ1) is 10.3. The van der Waals surface area contributed by atoms with Crippen molar-refractivity contribution in [2.45, 2.75) is 59.9 Å². The average molecular weight is 308 g/mol. The molecule has 22 heavy (non-hydrogen) atoms. The summed E-state index contributed by atoms with van der Waals surface area (Å²) in [7, 11) is 0. The smallest absolute Gasteiger partial charge is 0.243 e. The molecule has 0 N–H and O–H groups in total. The van der Waals surface area contributed by atoms with Crippen molar-refractivity contribution in [3.8, 4) is 0 Å². The molecule has 1 fully saturated rings. The van der Waals surface area contributed by atoms with Crippen LogP contribution in [0.15, 0.2) is 4.52 Å². The standard InChI is InChI=1S/C17H32N4O/c1-13(2)15-18-16(22-19-15)14(3)21-11-9-20(10-12-21)8-7-17(4,5)6/h13-14H,7-12H2,1-6H3/t14-/m1/s1. The molecule has 126 valence electrons. The van der Waals surface area contributed by atoms with E-state index >= 15 is 0 Å². The molecule has 1 saturated heterocycles. The third-order valence-corrected chi connectivity index (χ3v) is 4.46. The zero-order valence-electron chi connectivity index (χ0n) is 15.1. The highest BCUT2D eigenvalue weighted by Gasteiger charge is 2.26. The summed E-state index contributed by atoms with van der Waals surface area (Å²) in [5.41, 5.74) is 0.418. The molecule has 1 aromatic rings. The van der Waals surface area contributed by atoms with Crippen LogP contribution in [0.5, 0.6) is 0 Å². The fourth-order valence-corrected chi connectivity index (χ4v) is 2.68. The second kappa shape index (κ2) is 7.09. The van der Waals surface area contributed by atoms with Crippen molar-refractivity contribution in [1.82, 2.24) is 19.9 Å². The number of hydrogen-bond acceptors (Lipinski definition) is 5. The van der Waals surface area contributed by atoms with Gasteiger partial charge in [0.1, 0.15) is 0 Å². The molecule has 0 unspecified atom stereocenters. The van der Waals surface area contributed by atoms with Gasteiger partial charge in [-0.3, -0.25) is 4.90 Å². The summed E-state index contributed by atoms with van der Waals surface area (Å²) in [6, 6.07) is 0.213. The first-order valence-electron chi connectivity index (χ1n) is 8.56. The lowest BCUT2D eigenvalue weighted by molar-refractivity contribution is 0.0821. The summed E-state index contributed by atoms with van der Waals surface area (Å²) in [5, 5.41) is 4.08. The lowest BCUT2D eigenvalue weighted by Crippen LogP contribution is -2.47. The van der Waals surface area contributed by atoms with Gasteiger partial charge < -0.3 is 9.42 Å². The Hall–Kier alpha value is -0.940. The fraction of sp³-hybridized carbons (Fsp3) is 0.882. The molecule has 1 atom stereocenters. The molecule has 0 radical (unpaired) electrons. The van der Waals surface area contributed by atoms with Crippen molar-refractivity contribution < 1.29 is 4.52 Å². The maximum absolute atomic E-state index is 5.44. The van der Waals surface area contributed by atoms with Crippen LogP contribution in [0.1, 0.15) is 71.6 Å². The lowest BCUT2D eigenvalue weighted by Gasteiger charge is -2.37. The van der Waals surface area contributed by atoms with E-state index in [4.69, 9.17) is 4.52 Å². The van der Waals surface area contributed by atoms with Gasteiger partial charge >= 0.3 is 0 Å². The number of aromatic nitrogens is 2. The van der Waals surface area contributed by atoms with Gasteiger partial charge in [0.25, 0.3) is 0 Å². The van der Waals surface area contributed by atoms with E-state index in [0.717, 1.165) is 37.9 Å². The van der Waals surface area contributed by atoms with Crippen LogP contribution in [0.4, 0.5) is 0 Å². The monoisotopic (exact) mass is 308 g/mol. The van der Waals surface area contributed by atoms with Crippen molar-refractivity contribution in [1.29, 1.82) is 0 Å². The minimum Gasteiger partial charge on any atom is -0.338 e. The number of nitrogens with zero attached hydrogens (tertiary/aromatic N) is 4. The van der Waals surface area contributed by atoms with Gasteiger partial charge in [0.15, 0.2) is 5.82 Å². The molecular weight excluding hydrogens is 276 g/mol. The Kier molecular flexibility index (Phi) is 5.61. The Morgan fingerprint density at radius 3 is 2.23 bits per heavy atom. The van der Waals surface area contributed by atoms with Crippen molar-refractivity contribution in [3.05, 3.63) is 11.7 Å². The first-order valence-corrected chi connectivity index (χ1v) is 8.56. The summed E-state index contributed by atoms with van der Waals surface area (Å²) in [6.07, 6.45) is 1.25. The Labute approximate surface area is 135 Å². The van der Waals surface area contributed by atoms with Crippen LogP contribution < -0.4 is 0 Å². The molecule has 0 aromatic carbocycles. The largest absolute Gasteiger partial charge is 0.338 e. The highest BCUT2D eigenvalue weighted by Crippen LogP contribution is 2.23. The molecule has 1 aromatic heterocycles. The minimum absolute atomic E-state index is 0.213. The van der Waals surface area contributed by atoms with E-state index in [-0.39, 0.29) is 6.04 Å². The van der Waals surface area contributed by atoms with E-state index in [1.54, 1.807) is 0 Å². The molecule has 5 heteroatoms. The molecule has 0 saturated carbocycles. The van der Waals surface area contributed by atoms with Gasteiger partial charge in [0.05, 0.1) is 6.04 Å². The lowest BCUT2D eigenvalue weighted by atomic mass is 9.92. The number of rotatable bonds is 5. The summed E-state index contributed by atoms with van der Waals surface area (Å²) >= 11 is 0. The molecule has 1 aliphatic rings. The van der Waals surface area contributed by atoms with Crippen LogP contribution in [0, 0.1) is 5.41 Å². The Morgan fingerprint density at radius 2 is 1.73 bits per heavy atom. The second-order valence-electron chi connectivity index (χ2n) is 8.01. The fourth-order valence-electron chi connectivity index (χ4n) is 2.68. The van der Waals surface area contributed by atoms with Gasteiger partial charge in [-0.05, 0) is 25.3 Å². The molecule has 0 bridgehead atoms. The molecule has 5 nitrogen and oxygen atoms in total. The highest BCUT2D eigenvalue weighted by atomic mass is 16.5. The third-order valence-electron chi connectivity index (χ3n) is 4.46. The quantitative estimate of drug-likeness (QED) is 0.835. The average Bonchev–Trinajstić information content (AvgIpc) is 2.94. The van der Waals surface area contributed by atoms with Gasteiger partial charge in [-0.15, -0.1) is 0 Å². The van der Waals surface area contributed by atoms with E-state index in [2.05, 4.69) is 61.5 Å². The zero-order chi connectivity index (χ0) is 16.3. The predicted octanol–water partition coefficient (Wildman–Crippen LogP) is 3.31. The van der Waals surface area contributed by atoms with Gasteiger partial charge in [0.2, 0.25) is 5.89 Å². The summed E-state index contributed by atoms with van der Waals surface area (Å²) in [5.74, 6) is 1.89. The number of piperazine rings is 1. The Morgan fingerprint density at radius 1 is 1.09 bits per heavy atom. The second-order valence-corrected chi connectivity index (χ2v) is 8.01. The topological polar surface area (TPSA) is 45.4 Å². The number of hydrogen-bond donors (Lipinski definition) is 0. The predicted molar refractivity (Wildman–Crippen MR) is 88.9 cm³/mol. The molecular formula is C17H32N4O. The van der Waals surface area contributed by atoms with Crippen LogP contribution >= 0.6 is 0 Å². The van der Waals surface area contributed by atoms with Crippen LogP contribution in [0.25, 0.3) is 0 Å². The van der Waals surface area contributed by atoms with Gasteiger partial charge in [0, 0.05) is 32.1 Å². The highest BCUT2D eigenvalue weighted by molar-refractivity contribution is 4.96. The molecule has 2 rings (SSSR count). The van der Waals surface area contributed by atoms with Crippen molar-refractivity contribution >= 4 is 0 Å². The Balaban J connectivity index is 1.82. The van der Waals surface area contributed by atoms with Crippen LogP contribution in [0.3, 0.4) is 0 Å². The Bertz CT molecular complexity index is 455.